The number of anilines is 2. The van der Waals surface area contributed by atoms with Gasteiger partial charge in [0.2, 0.25) is 23.7 Å². The molecule has 7 aromatic rings. The average molecular weight is 1150 g/mol. The first kappa shape index (κ1) is 56.0. The Hall–Kier alpha value is -7.88. The van der Waals surface area contributed by atoms with E-state index in [1.165, 1.54) is 23.3 Å². The van der Waals surface area contributed by atoms with Crippen LogP contribution in [0.3, 0.4) is 0 Å². The van der Waals surface area contributed by atoms with E-state index in [2.05, 4.69) is 51.3 Å². The molecule has 3 fully saturated rings. The summed E-state index contributed by atoms with van der Waals surface area (Å²) in [5, 5.41) is 27.6. The maximum absolute atomic E-state index is 13.3. The smallest absolute Gasteiger partial charge is 0.254 e. The summed E-state index contributed by atoms with van der Waals surface area (Å²) >= 11 is 12.9. The number of pyridine rings is 1. The van der Waals surface area contributed by atoms with Gasteiger partial charge in [-0.2, -0.15) is 5.10 Å². The Morgan fingerprint density at radius 1 is 0.671 bits per heavy atom. The van der Waals surface area contributed by atoms with E-state index in [1.807, 2.05) is 90.7 Å². The third-order valence-electron chi connectivity index (χ3n) is 15.2. The third-order valence-corrected chi connectivity index (χ3v) is 15.8. The van der Waals surface area contributed by atoms with Gasteiger partial charge >= 0.3 is 0 Å². The molecular formula is C60H63Cl2N13O7. The number of aliphatic hydroxyl groups excluding tert-OH is 1. The maximum Gasteiger partial charge on any atom is 0.254 e. The molecule has 0 radical (unpaired) electrons. The highest BCUT2D eigenvalue weighted by Crippen LogP contribution is 2.40. The minimum absolute atomic E-state index is 0.0429. The van der Waals surface area contributed by atoms with Crippen LogP contribution in [-0.2, 0) is 38.7 Å². The Kier molecular flexibility index (Phi) is 17.4. The van der Waals surface area contributed by atoms with Crippen LogP contribution in [0.5, 0.6) is 0 Å². The summed E-state index contributed by atoms with van der Waals surface area (Å²) in [6.07, 6.45) is 14.5. The van der Waals surface area contributed by atoms with Crippen LogP contribution in [0.1, 0.15) is 118 Å². The molecule has 2 saturated heterocycles. The van der Waals surface area contributed by atoms with Crippen LogP contribution >= 0.6 is 23.2 Å². The van der Waals surface area contributed by atoms with Crippen LogP contribution in [0.4, 0.5) is 11.9 Å². The van der Waals surface area contributed by atoms with Crippen molar-refractivity contribution in [3.8, 4) is 22.5 Å². The molecule has 4 amide bonds. The largest absolute Gasteiger partial charge is 0.394 e. The predicted octanol–water partition coefficient (Wildman–Crippen LogP) is 7.93. The number of nitrogens with one attached hydrogen (secondary N) is 4. The van der Waals surface area contributed by atoms with Gasteiger partial charge in [0, 0.05) is 91.8 Å². The van der Waals surface area contributed by atoms with E-state index in [-0.39, 0.29) is 61.5 Å². The number of ether oxygens (including phenoxy) is 2. The van der Waals surface area contributed by atoms with E-state index < -0.39 is 6.04 Å². The summed E-state index contributed by atoms with van der Waals surface area (Å²) in [5.74, 6) is 0.505. The highest BCUT2D eigenvalue weighted by Gasteiger charge is 2.33. The van der Waals surface area contributed by atoms with E-state index >= 15 is 0 Å². The highest BCUT2D eigenvalue weighted by atomic mass is 35.5. The number of aromatic nitrogens is 7. The normalized spacial score (nSPS) is 16.9. The molecule has 4 aliphatic heterocycles. The quantitative estimate of drug-likeness (QED) is 0.0548. The SMILES string of the molecule is CC(NC(=O)CN1Cc2ccc(-c3nc(NC4CCOCC4)ncc3Cl)cc2C1=O)c1cnn(Cc2ccccc2)c1.O=C(CN1Cc2ccc(-c3nc(NC4CCOCC4)ncc3Cl)cc2C1=O)N[C@H](CO)c1ccc(C2CC2)cn1. The fraction of sp³-hybridized carbons (Fsp3) is 0.367. The van der Waals surface area contributed by atoms with Crippen LogP contribution in [0.15, 0.2) is 110 Å². The number of nitrogens with zero attached hydrogens (tertiary/aromatic N) is 9. The minimum atomic E-state index is -0.642. The van der Waals surface area contributed by atoms with Gasteiger partial charge < -0.3 is 45.6 Å². The molecule has 1 unspecified atom stereocenters. The van der Waals surface area contributed by atoms with Gasteiger partial charge in [-0.25, -0.2) is 19.9 Å². The molecule has 22 heteroatoms. The molecule has 12 rings (SSSR count). The number of hydrogen-bond donors (Lipinski definition) is 5. The lowest BCUT2D eigenvalue weighted by atomic mass is 10.0. The summed E-state index contributed by atoms with van der Waals surface area (Å²) in [5.41, 5.74) is 9.05. The summed E-state index contributed by atoms with van der Waals surface area (Å²) in [6.45, 7) is 5.58. The van der Waals surface area contributed by atoms with Crippen molar-refractivity contribution in [3.63, 3.8) is 0 Å². The summed E-state index contributed by atoms with van der Waals surface area (Å²) in [7, 11) is 0. The number of hydrogen-bond acceptors (Lipinski definition) is 15. The Labute approximate surface area is 484 Å². The molecule has 0 spiro atoms. The van der Waals surface area contributed by atoms with E-state index in [1.54, 1.807) is 35.6 Å². The number of aliphatic hydroxyl groups is 1. The molecule has 82 heavy (non-hydrogen) atoms. The summed E-state index contributed by atoms with van der Waals surface area (Å²) in [6, 6.07) is 24.6. The van der Waals surface area contributed by atoms with E-state index in [9.17, 15) is 24.3 Å². The second-order valence-corrected chi connectivity index (χ2v) is 22.1. The lowest BCUT2D eigenvalue weighted by molar-refractivity contribution is -0.123. The van der Waals surface area contributed by atoms with Gasteiger partial charge in [0.1, 0.15) is 13.1 Å². The number of rotatable bonds is 18. The standard InChI is InChI=1S/C31H32ClN7O3.C29H31ClN6O4/c1-20(24-14-34-39(18-24)16-21-5-3-2-4-6-21)35-28(40)19-38-17-23-8-7-22(13-26(23)30(38)41)29-27(32)15-33-31(37-29)36-25-9-11-42-12-10-25;30-23-13-32-29(33-21-7-9-40-10-8-21)35-27(23)18-3-4-20-14-36(28(39)22(20)11-18)15-26(38)34-25(16-37)24-6-5-19(12-31-24)17-1-2-17/h2-8,13-15,18,20,25H,9-12,16-17,19H2,1H3,(H,35,40)(H,33,36,37);3-6,11-13,17,21,25,37H,1-2,7-10,14-16H2,(H,34,38)(H,32,33,35)/t;25-/m.1/s1. The fourth-order valence-corrected chi connectivity index (χ4v) is 10.9. The first-order valence-corrected chi connectivity index (χ1v) is 28.5. The molecule has 5 aliphatic rings. The van der Waals surface area contributed by atoms with Gasteiger partial charge in [-0.3, -0.25) is 28.8 Å². The number of carbonyl (C=O) groups is 4. The molecule has 3 aromatic carbocycles. The average Bonchev–Trinajstić information content (AvgIpc) is 4.05. The number of halogens is 2. The van der Waals surface area contributed by atoms with Crippen LogP contribution in [-0.4, -0.2) is 131 Å². The molecule has 1 saturated carbocycles. The highest BCUT2D eigenvalue weighted by molar-refractivity contribution is 6.33. The van der Waals surface area contributed by atoms with Crippen molar-refractivity contribution in [1.29, 1.82) is 0 Å². The second kappa shape index (κ2) is 25.5. The first-order chi connectivity index (χ1) is 39.9. The lowest BCUT2D eigenvalue weighted by Crippen LogP contribution is -2.40. The Bertz CT molecular complexity index is 3450. The van der Waals surface area contributed by atoms with Gasteiger partial charge in [-0.15, -0.1) is 0 Å². The van der Waals surface area contributed by atoms with E-state index in [0.29, 0.717) is 108 Å². The number of carbonyl (C=O) groups excluding carboxylic acids is 4. The van der Waals surface area contributed by atoms with Crippen molar-refractivity contribution in [3.05, 3.63) is 165 Å². The molecule has 8 heterocycles. The Morgan fingerprint density at radius 2 is 1.22 bits per heavy atom. The van der Waals surface area contributed by atoms with Crippen LogP contribution in [0.2, 0.25) is 10.0 Å². The monoisotopic (exact) mass is 1150 g/mol. The Balaban J connectivity index is 0.000000172. The van der Waals surface area contributed by atoms with E-state index in [4.69, 9.17) is 32.7 Å². The zero-order valence-electron chi connectivity index (χ0n) is 45.3. The minimum Gasteiger partial charge on any atom is -0.394 e. The molecule has 5 N–H and O–H groups in total. The summed E-state index contributed by atoms with van der Waals surface area (Å²) in [4.78, 5) is 77.8. The molecule has 4 aromatic heterocycles. The van der Waals surface area contributed by atoms with Crippen molar-refractivity contribution in [1.82, 2.24) is 55.1 Å². The molecule has 424 valence electrons. The van der Waals surface area contributed by atoms with Crippen molar-refractivity contribution in [2.24, 2.45) is 0 Å². The van der Waals surface area contributed by atoms with E-state index in [0.717, 1.165) is 53.5 Å². The van der Waals surface area contributed by atoms with Crippen LogP contribution in [0.25, 0.3) is 22.5 Å². The lowest BCUT2D eigenvalue weighted by Gasteiger charge is -2.23. The van der Waals surface area contributed by atoms with Crippen molar-refractivity contribution in [2.75, 3.05) is 56.8 Å². The molecule has 2 atom stereocenters. The van der Waals surface area contributed by atoms with Gasteiger partial charge in [0.05, 0.1) is 71.0 Å². The topological polar surface area (TPSA) is 244 Å². The van der Waals surface area contributed by atoms with Crippen LogP contribution in [0, 0.1) is 0 Å². The zero-order chi connectivity index (χ0) is 56.7. The van der Waals surface area contributed by atoms with Crippen molar-refractivity contribution in [2.45, 2.75) is 95.2 Å². The van der Waals surface area contributed by atoms with Gasteiger partial charge in [-0.1, -0.05) is 83.9 Å². The molecule has 1 aliphatic carbocycles. The summed E-state index contributed by atoms with van der Waals surface area (Å²) < 4.78 is 12.7. The van der Waals surface area contributed by atoms with Gasteiger partial charge in [-0.05, 0) is 91.8 Å². The number of benzene rings is 3. The van der Waals surface area contributed by atoms with Crippen molar-refractivity contribution >= 4 is 58.7 Å². The van der Waals surface area contributed by atoms with Gasteiger partial charge in [0.15, 0.2) is 0 Å². The second-order valence-electron chi connectivity index (χ2n) is 21.2. The Morgan fingerprint density at radius 3 is 1.73 bits per heavy atom. The van der Waals surface area contributed by atoms with Crippen molar-refractivity contribution < 1.29 is 33.8 Å². The number of amides is 4. The number of fused-ring (bicyclic) bond motifs is 2. The third kappa shape index (κ3) is 13.5. The molecule has 0 bridgehead atoms. The molecule has 20 nitrogen and oxygen atoms in total. The van der Waals surface area contributed by atoms with Gasteiger partial charge in [0.25, 0.3) is 11.8 Å². The predicted molar refractivity (Wildman–Crippen MR) is 308 cm³/mol. The molecular weight excluding hydrogens is 1090 g/mol. The first-order valence-electron chi connectivity index (χ1n) is 27.7. The zero-order valence-corrected chi connectivity index (χ0v) is 46.8. The van der Waals surface area contributed by atoms with Crippen LogP contribution < -0.4 is 21.3 Å². The maximum atomic E-state index is 13.3. The fourth-order valence-electron chi connectivity index (χ4n) is 10.5.